The molecule has 7 N–H and O–H groups in total. The van der Waals surface area contributed by atoms with Crippen molar-refractivity contribution in [3.8, 4) is 45.6 Å². The summed E-state index contributed by atoms with van der Waals surface area (Å²) in [5.41, 5.74) is -1.82. The summed E-state index contributed by atoms with van der Waals surface area (Å²) in [5.74, 6) is -11.0. The molecule has 262 valence electrons. The molecule has 1 amide bonds. The van der Waals surface area contributed by atoms with Crippen molar-refractivity contribution in [2.75, 3.05) is 20.0 Å². The van der Waals surface area contributed by atoms with E-state index in [9.17, 15) is 49.8 Å². The van der Waals surface area contributed by atoms with Crippen molar-refractivity contribution in [1.29, 1.82) is 0 Å². The number of alkyl carbamates (subject to hydrolysis) is 1. The number of phenols is 6. The highest BCUT2D eigenvalue weighted by atomic mass is 32.2. The van der Waals surface area contributed by atoms with E-state index in [2.05, 4.69) is 10.1 Å². The van der Waals surface area contributed by atoms with Gasteiger partial charge in [-0.1, -0.05) is 60.7 Å². The Kier molecular flexibility index (Phi) is 11.8. The molecule has 0 saturated heterocycles. The van der Waals surface area contributed by atoms with Gasteiger partial charge in [0.05, 0.1) is 30.2 Å². The Balaban J connectivity index is 1.77. The number of carbonyl (C=O) groups is 4. The molecule has 15 nitrogen and oxygen atoms in total. The molecular weight excluding hydrogens is 678 g/mol. The van der Waals surface area contributed by atoms with E-state index in [0.29, 0.717) is 29.0 Å². The molecular formula is C34H31NO14S. The van der Waals surface area contributed by atoms with Crippen molar-refractivity contribution in [3.05, 3.63) is 89.0 Å². The Hall–Kier alpha value is -6.29. The Morgan fingerprint density at radius 2 is 1.22 bits per heavy atom. The van der Waals surface area contributed by atoms with Crippen molar-refractivity contribution in [2.24, 2.45) is 0 Å². The number of hydrogen-bond donors (Lipinski definition) is 7. The highest BCUT2D eigenvalue weighted by Gasteiger charge is 2.36. The molecule has 0 unspecified atom stereocenters. The highest BCUT2D eigenvalue weighted by Crippen LogP contribution is 2.56. The number of thioether (sulfide) groups is 1. The van der Waals surface area contributed by atoms with Crippen LogP contribution in [0.3, 0.4) is 0 Å². The highest BCUT2D eigenvalue weighted by molar-refractivity contribution is 7.99. The van der Waals surface area contributed by atoms with Crippen LogP contribution in [0.4, 0.5) is 4.79 Å². The summed E-state index contributed by atoms with van der Waals surface area (Å²) in [7, 11) is 1.86. The smallest absolute Gasteiger partial charge is 0.408 e. The van der Waals surface area contributed by atoms with Crippen molar-refractivity contribution in [3.63, 3.8) is 0 Å². The van der Waals surface area contributed by atoms with Gasteiger partial charge in [-0.3, -0.25) is 0 Å². The summed E-state index contributed by atoms with van der Waals surface area (Å²) in [4.78, 5) is 51.5. The van der Waals surface area contributed by atoms with E-state index in [0.717, 1.165) is 14.2 Å². The van der Waals surface area contributed by atoms with E-state index in [1.165, 1.54) is 0 Å². The van der Waals surface area contributed by atoms with Crippen molar-refractivity contribution in [1.82, 2.24) is 5.32 Å². The fraction of sp³-hybridized carbons (Fsp3) is 0.176. The van der Waals surface area contributed by atoms with E-state index >= 15 is 0 Å². The van der Waals surface area contributed by atoms with Gasteiger partial charge in [0.25, 0.3) is 0 Å². The third kappa shape index (κ3) is 8.04. The maximum Gasteiger partial charge on any atom is 0.408 e. The molecule has 0 aromatic heterocycles. The molecule has 1 atom stereocenters. The molecule has 0 saturated carbocycles. The summed E-state index contributed by atoms with van der Waals surface area (Å²) < 4.78 is 20.2. The lowest BCUT2D eigenvalue weighted by molar-refractivity contribution is -0.146. The Morgan fingerprint density at radius 1 is 0.680 bits per heavy atom. The van der Waals surface area contributed by atoms with Crippen LogP contribution >= 0.6 is 11.8 Å². The van der Waals surface area contributed by atoms with Crippen LogP contribution in [0.2, 0.25) is 0 Å². The number of carbonyl (C=O) groups excluding carboxylic acids is 4. The van der Waals surface area contributed by atoms with Crippen LogP contribution in [0.25, 0.3) is 11.1 Å². The van der Waals surface area contributed by atoms with Crippen LogP contribution in [0.15, 0.2) is 71.6 Å². The van der Waals surface area contributed by atoms with Crippen LogP contribution in [0, 0.1) is 0 Å². The maximum atomic E-state index is 13.3. The molecule has 0 spiro atoms. The number of rotatable bonds is 12. The fourth-order valence-corrected chi connectivity index (χ4v) is 5.73. The van der Waals surface area contributed by atoms with Crippen molar-refractivity contribution in [2.45, 2.75) is 24.2 Å². The summed E-state index contributed by atoms with van der Waals surface area (Å²) in [5, 5.41) is 66.3. The number of methoxy groups -OCH3 is 2. The van der Waals surface area contributed by atoms with Crippen molar-refractivity contribution < 1.29 is 68.8 Å². The number of esters is 3. The first kappa shape index (κ1) is 36.5. The first-order valence-electron chi connectivity index (χ1n) is 14.5. The van der Waals surface area contributed by atoms with Crippen LogP contribution in [0.1, 0.15) is 31.8 Å². The van der Waals surface area contributed by atoms with E-state index in [4.69, 9.17) is 14.2 Å². The van der Waals surface area contributed by atoms with Gasteiger partial charge in [0.2, 0.25) is 11.5 Å². The topological polar surface area (TPSA) is 239 Å². The summed E-state index contributed by atoms with van der Waals surface area (Å²) in [6, 6.07) is 16.4. The second kappa shape index (κ2) is 16.2. The molecule has 50 heavy (non-hydrogen) atoms. The number of ether oxygens (including phenoxy) is 4. The molecule has 0 heterocycles. The summed E-state index contributed by atoms with van der Waals surface area (Å²) >= 11 is 0.494. The molecule has 0 fully saturated rings. The second-order valence-corrected chi connectivity index (χ2v) is 11.3. The lowest BCUT2D eigenvalue weighted by atomic mass is 9.91. The average molecular weight is 710 g/mol. The molecule has 0 radical (unpaired) electrons. The normalized spacial score (nSPS) is 11.2. The third-order valence-corrected chi connectivity index (χ3v) is 8.27. The fourth-order valence-electron chi connectivity index (χ4n) is 4.61. The van der Waals surface area contributed by atoms with Crippen LogP contribution in [-0.2, 0) is 37.0 Å². The molecule has 0 aliphatic carbocycles. The van der Waals surface area contributed by atoms with E-state index in [-0.39, 0.29) is 13.2 Å². The molecule has 0 aliphatic rings. The molecule has 4 aromatic carbocycles. The lowest BCUT2D eigenvalue weighted by Crippen LogP contribution is -2.43. The number of phenolic OH excluding ortho intramolecular Hbond substituents is 6. The number of aromatic hydroxyl groups is 6. The van der Waals surface area contributed by atoms with Gasteiger partial charge >= 0.3 is 24.0 Å². The minimum atomic E-state index is -1.52. The van der Waals surface area contributed by atoms with Crippen molar-refractivity contribution >= 4 is 35.8 Å². The zero-order chi connectivity index (χ0) is 36.5. The SMILES string of the molecule is COC(=O)c1cc(O)c(O)c(O)c1-c1c(O)c(O)c(O)c(SC[C@H](NC(=O)OCc2ccccc2)C(=O)OCc2ccccc2)c1C(=O)OC. The third-order valence-electron chi connectivity index (χ3n) is 7.08. The van der Waals surface area contributed by atoms with E-state index < -0.39 is 97.4 Å². The van der Waals surface area contributed by atoms with Gasteiger partial charge in [-0.2, -0.15) is 0 Å². The van der Waals surface area contributed by atoms with Gasteiger partial charge in [0.15, 0.2) is 23.0 Å². The maximum absolute atomic E-state index is 13.3. The Bertz CT molecular complexity index is 1900. The predicted molar refractivity (Wildman–Crippen MR) is 175 cm³/mol. The summed E-state index contributed by atoms with van der Waals surface area (Å²) in [6.45, 7) is -0.343. The molecule has 0 bridgehead atoms. The number of nitrogens with one attached hydrogen (secondary N) is 1. The quantitative estimate of drug-likeness (QED) is 0.0470. The molecule has 4 rings (SSSR count). The number of hydrogen-bond acceptors (Lipinski definition) is 15. The van der Waals surface area contributed by atoms with Crippen LogP contribution < -0.4 is 5.32 Å². The van der Waals surface area contributed by atoms with Gasteiger partial charge in [0.1, 0.15) is 19.3 Å². The molecule has 4 aromatic rings. The zero-order valence-electron chi connectivity index (χ0n) is 26.4. The van der Waals surface area contributed by atoms with Crippen LogP contribution in [-0.4, -0.2) is 80.7 Å². The van der Waals surface area contributed by atoms with Gasteiger partial charge in [-0.25, -0.2) is 19.2 Å². The monoisotopic (exact) mass is 709 g/mol. The average Bonchev–Trinajstić information content (AvgIpc) is 3.13. The van der Waals surface area contributed by atoms with E-state index in [1.807, 2.05) is 0 Å². The Labute approximate surface area is 288 Å². The van der Waals surface area contributed by atoms with Crippen LogP contribution in [0.5, 0.6) is 34.5 Å². The molecule has 0 aliphatic heterocycles. The first-order valence-corrected chi connectivity index (χ1v) is 15.4. The van der Waals surface area contributed by atoms with E-state index in [1.54, 1.807) is 60.7 Å². The lowest BCUT2D eigenvalue weighted by Gasteiger charge is -2.22. The van der Waals surface area contributed by atoms with Gasteiger partial charge in [-0.05, 0) is 17.2 Å². The second-order valence-electron chi connectivity index (χ2n) is 10.3. The Morgan fingerprint density at radius 3 is 1.78 bits per heavy atom. The largest absolute Gasteiger partial charge is 0.504 e. The van der Waals surface area contributed by atoms with Gasteiger partial charge in [0, 0.05) is 16.9 Å². The van der Waals surface area contributed by atoms with Gasteiger partial charge in [-0.15, -0.1) is 11.8 Å². The summed E-state index contributed by atoms with van der Waals surface area (Å²) in [6.07, 6.45) is -1.03. The first-order chi connectivity index (χ1) is 23.9. The van der Waals surface area contributed by atoms with Gasteiger partial charge < -0.3 is 54.9 Å². The minimum Gasteiger partial charge on any atom is -0.504 e. The molecule has 16 heteroatoms. The number of amides is 1. The zero-order valence-corrected chi connectivity index (χ0v) is 27.2. The minimum absolute atomic E-state index is 0.153. The number of benzene rings is 4. The standard InChI is InChI=1S/C34H31NO14S/c1-46-31(42)19-13-21(36)25(37)26(38)22(19)23-24(33(44)47-2)30(29(41)28(40)27(23)39)50-16-20(32(43)48-14-17-9-5-3-6-10-17)35-34(45)49-15-18-11-7-4-8-12-18/h3-13,20,36-41H,14-16H2,1-2H3,(H,35,45)/t20-/m0/s1. The predicted octanol–water partition coefficient (Wildman–Crippen LogP) is 4.29.